The number of benzene rings is 1. The summed E-state index contributed by atoms with van der Waals surface area (Å²) < 4.78 is 28.0. The number of allylic oxidation sites excluding steroid dienone is 1. The molecular formula is C20H30O5. The van der Waals surface area contributed by atoms with E-state index in [-0.39, 0.29) is 19.7 Å². The molecule has 0 spiro atoms. The Morgan fingerprint density at radius 1 is 1.20 bits per heavy atom. The van der Waals surface area contributed by atoms with Gasteiger partial charge in [0.2, 0.25) is 0 Å². The van der Waals surface area contributed by atoms with Crippen molar-refractivity contribution >= 4 is 0 Å². The van der Waals surface area contributed by atoms with Gasteiger partial charge in [-0.25, -0.2) is 0 Å². The topological polar surface area (TPSA) is 46.2 Å². The van der Waals surface area contributed by atoms with Gasteiger partial charge in [0.1, 0.15) is 11.9 Å². The van der Waals surface area contributed by atoms with E-state index in [1.807, 2.05) is 12.1 Å². The largest absolute Gasteiger partial charge is 0.486 e. The molecule has 2 rings (SSSR count). The van der Waals surface area contributed by atoms with Crippen LogP contribution in [0.3, 0.4) is 0 Å². The zero-order valence-electron chi connectivity index (χ0n) is 15.6. The molecule has 25 heavy (non-hydrogen) atoms. The van der Waals surface area contributed by atoms with Crippen molar-refractivity contribution in [3.63, 3.8) is 0 Å². The van der Waals surface area contributed by atoms with Gasteiger partial charge < -0.3 is 23.7 Å². The molecule has 0 bridgehead atoms. The van der Waals surface area contributed by atoms with Gasteiger partial charge in [-0.15, -0.1) is 6.58 Å². The molecule has 0 saturated heterocycles. The second-order valence-electron chi connectivity index (χ2n) is 6.20. The highest BCUT2D eigenvalue weighted by Crippen LogP contribution is 2.46. The molecule has 0 fully saturated rings. The van der Waals surface area contributed by atoms with E-state index in [2.05, 4.69) is 13.5 Å². The van der Waals surface area contributed by atoms with E-state index in [0.29, 0.717) is 12.2 Å². The van der Waals surface area contributed by atoms with Crippen molar-refractivity contribution in [3.05, 3.63) is 29.8 Å². The summed E-state index contributed by atoms with van der Waals surface area (Å²) >= 11 is 0. The first-order valence-corrected chi connectivity index (χ1v) is 8.94. The molecule has 0 aromatic heterocycles. The van der Waals surface area contributed by atoms with Crippen LogP contribution in [-0.2, 0) is 22.3 Å². The van der Waals surface area contributed by atoms with Gasteiger partial charge in [-0.2, -0.15) is 0 Å². The van der Waals surface area contributed by atoms with E-state index >= 15 is 0 Å². The SMILES string of the molecule is C=CCc1c(OCOC)cc2c(c1OCOC)OC(CCCCC)C2. The Morgan fingerprint density at radius 3 is 2.64 bits per heavy atom. The first kappa shape index (κ1) is 19.6. The van der Waals surface area contributed by atoms with E-state index in [0.717, 1.165) is 35.5 Å². The summed E-state index contributed by atoms with van der Waals surface area (Å²) in [6.07, 6.45) is 8.19. The van der Waals surface area contributed by atoms with Crippen LogP contribution in [0.1, 0.15) is 43.7 Å². The van der Waals surface area contributed by atoms with Crippen molar-refractivity contribution in [1.29, 1.82) is 0 Å². The summed E-state index contributed by atoms with van der Waals surface area (Å²) in [5.41, 5.74) is 2.03. The fourth-order valence-electron chi connectivity index (χ4n) is 3.08. The fourth-order valence-corrected chi connectivity index (χ4v) is 3.08. The van der Waals surface area contributed by atoms with Crippen LogP contribution in [0.25, 0.3) is 0 Å². The molecule has 5 nitrogen and oxygen atoms in total. The van der Waals surface area contributed by atoms with Crippen LogP contribution in [-0.4, -0.2) is 33.9 Å². The molecular weight excluding hydrogens is 320 g/mol. The number of hydrogen-bond acceptors (Lipinski definition) is 5. The average Bonchev–Trinajstić information content (AvgIpc) is 3.02. The number of rotatable bonds is 12. The second kappa shape index (κ2) is 10.3. The molecule has 1 aliphatic rings. The second-order valence-corrected chi connectivity index (χ2v) is 6.20. The third-order valence-corrected chi connectivity index (χ3v) is 4.24. The number of methoxy groups -OCH3 is 2. The summed E-state index contributed by atoms with van der Waals surface area (Å²) in [6.45, 7) is 6.40. The molecule has 1 aromatic rings. The summed E-state index contributed by atoms with van der Waals surface area (Å²) in [5.74, 6) is 2.27. The Balaban J connectivity index is 2.30. The normalized spacial score (nSPS) is 15.6. The van der Waals surface area contributed by atoms with E-state index in [9.17, 15) is 0 Å². The Labute approximate surface area is 150 Å². The lowest BCUT2D eigenvalue weighted by Gasteiger charge is -2.18. The molecule has 140 valence electrons. The predicted molar refractivity (Wildman–Crippen MR) is 97.6 cm³/mol. The van der Waals surface area contributed by atoms with Gasteiger partial charge in [0.15, 0.2) is 25.1 Å². The Bertz CT molecular complexity index is 556. The predicted octanol–water partition coefficient (Wildman–Crippen LogP) is 4.26. The molecule has 5 heteroatoms. The maximum absolute atomic E-state index is 6.23. The summed E-state index contributed by atoms with van der Waals surface area (Å²) in [7, 11) is 3.21. The molecule has 1 heterocycles. The van der Waals surface area contributed by atoms with Gasteiger partial charge in [0, 0.05) is 31.8 Å². The lowest BCUT2D eigenvalue weighted by molar-refractivity contribution is 0.0428. The minimum atomic E-state index is 0.161. The molecule has 0 aliphatic carbocycles. The Morgan fingerprint density at radius 2 is 1.96 bits per heavy atom. The maximum atomic E-state index is 6.23. The van der Waals surface area contributed by atoms with Crippen LogP contribution < -0.4 is 14.2 Å². The van der Waals surface area contributed by atoms with Gasteiger partial charge >= 0.3 is 0 Å². The zero-order chi connectivity index (χ0) is 18.1. The summed E-state index contributed by atoms with van der Waals surface area (Å²) in [6, 6.07) is 2.05. The smallest absolute Gasteiger partial charge is 0.188 e. The minimum Gasteiger partial charge on any atom is -0.486 e. The van der Waals surface area contributed by atoms with E-state index in [4.69, 9.17) is 23.7 Å². The average molecular weight is 350 g/mol. The van der Waals surface area contributed by atoms with Gasteiger partial charge in [0.25, 0.3) is 0 Å². The first-order valence-electron chi connectivity index (χ1n) is 8.94. The van der Waals surface area contributed by atoms with Crippen LogP contribution in [0.2, 0.25) is 0 Å². The highest BCUT2D eigenvalue weighted by Gasteiger charge is 2.30. The van der Waals surface area contributed by atoms with Crippen molar-refractivity contribution in [2.24, 2.45) is 0 Å². The molecule has 1 aliphatic heterocycles. The zero-order valence-corrected chi connectivity index (χ0v) is 15.6. The molecule has 1 unspecified atom stereocenters. The summed E-state index contributed by atoms with van der Waals surface area (Å²) in [4.78, 5) is 0. The third-order valence-electron chi connectivity index (χ3n) is 4.24. The number of unbranched alkanes of at least 4 members (excludes halogenated alkanes) is 2. The molecule has 0 amide bonds. The van der Waals surface area contributed by atoms with Gasteiger partial charge in [-0.05, 0) is 25.3 Å². The fraction of sp³-hybridized carbons (Fsp3) is 0.600. The van der Waals surface area contributed by atoms with Crippen LogP contribution >= 0.6 is 0 Å². The lowest BCUT2D eigenvalue weighted by atomic mass is 10.0. The standard InChI is InChI=1S/C20H30O5/c1-5-7-8-10-16-11-15-12-18(23-13-21-3)17(9-6-2)20(19(15)25-16)24-14-22-4/h6,12,16H,2,5,7-11,13-14H2,1,3-4H3. The third kappa shape index (κ3) is 5.13. The number of hydrogen-bond donors (Lipinski definition) is 0. The van der Waals surface area contributed by atoms with Crippen LogP contribution in [0, 0.1) is 0 Å². The van der Waals surface area contributed by atoms with E-state index < -0.39 is 0 Å². The molecule has 0 saturated carbocycles. The monoisotopic (exact) mass is 350 g/mol. The lowest BCUT2D eigenvalue weighted by Crippen LogP contribution is -2.12. The first-order chi connectivity index (χ1) is 12.2. The van der Waals surface area contributed by atoms with Gasteiger partial charge in [-0.1, -0.05) is 25.8 Å². The van der Waals surface area contributed by atoms with Crippen LogP contribution in [0.5, 0.6) is 17.2 Å². The van der Waals surface area contributed by atoms with E-state index in [1.54, 1.807) is 14.2 Å². The Kier molecular flexibility index (Phi) is 8.09. The van der Waals surface area contributed by atoms with E-state index in [1.165, 1.54) is 19.3 Å². The highest BCUT2D eigenvalue weighted by molar-refractivity contribution is 5.60. The molecule has 0 N–H and O–H groups in total. The number of fused-ring (bicyclic) bond motifs is 1. The van der Waals surface area contributed by atoms with Gasteiger partial charge in [0.05, 0.1) is 0 Å². The van der Waals surface area contributed by atoms with Crippen molar-refractivity contribution in [1.82, 2.24) is 0 Å². The maximum Gasteiger partial charge on any atom is 0.188 e. The van der Waals surface area contributed by atoms with Crippen molar-refractivity contribution in [2.75, 3.05) is 27.8 Å². The van der Waals surface area contributed by atoms with Crippen molar-refractivity contribution < 1.29 is 23.7 Å². The molecule has 1 aromatic carbocycles. The van der Waals surface area contributed by atoms with Crippen LogP contribution in [0.4, 0.5) is 0 Å². The van der Waals surface area contributed by atoms with Gasteiger partial charge in [-0.3, -0.25) is 0 Å². The molecule has 0 radical (unpaired) electrons. The van der Waals surface area contributed by atoms with Crippen LogP contribution in [0.15, 0.2) is 18.7 Å². The van der Waals surface area contributed by atoms with Crippen molar-refractivity contribution in [2.45, 2.75) is 51.6 Å². The number of ether oxygens (including phenoxy) is 5. The minimum absolute atomic E-state index is 0.161. The Hall–Kier alpha value is -1.72. The highest BCUT2D eigenvalue weighted by atomic mass is 16.7. The molecule has 1 atom stereocenters. The summed E-state index contributed by atoms with van der Waals surface area (Å²) in [5, 5.41) is 0. The quantitative estimate of drug-likeness (QED) is 0.320. The van der Waals surface area contributed by atoms with Crippen molar-refractivity contribution in [3.8, 4) is 17.2 Å².